The van der Waals surface area contributed by atoms with Crippen molar-refractivity contribution in [2.45, 2.75) is 38.1 Å². The summed E-state index contributed by atoms with van der Waals surface area (Å²) in [5.41, 5.74) is 2.38. The van der Waals surface area contributed by atoms with Crippen LogP contribution in [-0.4, -0.2) is 41.0 Å². The summed E-state index contributed by atoms with van der Waals surface area (Å²) in [6, 6.07) is 8.81. The number of non-ortho nitro benzene ring substituents is 1. The van der Waals surface area contributed by atoms with Crippen LogP contribution in [0.15, 0.2) is 36.4 Å². The molecule has 1 heterocycles. The summed E-state index contributed by atoms with van der Waals surface area (Å²) in [5.74, 6) is 1.53. The molecule has 28 heavy (non-hydrogen) atoms. The normalized spacial score (nSPS) is 17.5. The fraction of sp³-hybridized carbons (Fsp3) is 0.400. The van der Waals surface area contributed by atoms with E-state index in [1.165, 1.54) is 24.3 Å². The number of aliphatic hydroxyl groups is 2. The lowest BCUT2D eigenvalue weighted by molar-refractivity contribution is -0.384. The molecule has 2 aromatic rings. The van der Waals surface area contributed by atoms with Crippen molar-refractivity contribution in [2.75, 3.05) is 13.7 Å². The summed E-state index contributed by atoms with van der Waals surface area (Å²) in [5, 5.41) is 34.2. The Morgan fingerprint density at radius 1 is 1.36 bits per heavy atom. The van der Waals surface area contributed by atoms with Crippen molar-refractivity contribution in [1.82, 2.24) is 5.32 Å². The number of nitro benzene ring substituents is 1. The largest absolute Gasteiger partial charge is 0.497 e. The molecule has 0 aromatic heterocycles. The van der Waals surface area contributed by atoms with Gasteiger partial charge in [-0.25, -0.2) is 0 Å². The minimum Gasteiger partial charge on any atom is -0.497 e. The molecule has 3 N–H and O–H groups in total. The first-order valence-corrected chi connectivity index (χ1v) is 9.06. The first-order chi connectivity index (χ1) is 13.4. The minimum absolute atomic E-state index is 0.0531. The van der Waals surface area contributed by atoms with Crippen LogP contribution in [0, 0.1) is 10.1 Å². The molecule has 0 unspecified atom stereocenters. The van der Waals surface area contributed by atoms with Crippen molar-refractivity contribution in [3.63, 3.8) is 0 Å². The number of benzene rings is 2. The van der Waals surface area contributed by atoms with Crippen molar-refractivity contribution < 1.29 is 24.6 Å². The van der Waals surface area contributed by atoms with E-state index < -0.39 is 17.1 Å². The number of aliphatic hydroxyl groups excluding tert-OH is 2. The summed E-state index contributed by atoms with van der Waals surface area (Å²) < 4.78 is 11.3. The average Bonchev–Trinajstić information content (AvgIpc) is 3.08. The number of methoxy groups -OCH3 is 1. The van der Waals surface area contributed by atoms with Gasteiger partial charge in [-0.05, 0) is 36.8 Å². The Bertz CT molecular complexity index is 839. The maximum atomic E-state index is 10.8. The molecule has 0 spiro atoms. The zero-order chi connectivity index (χ0) is 20.3. The van der Waals surface area contributed by atoms with Gasteiger partial charge in [-0.2, -0.15) is 0 Å². The predicted octanol–water partition coefficient (Wildman–Crippen LogP) is 2.11. The minimum atomic E-state index is -1.02. The van der Waals surface area contributed by atoms with Crippen molar-refractivity contribution in [3.8, 4) is 11.5 Å². The SMILES string of the molecule is COc1cc(CN[C@H](CO)[C@@H](O)c2ccc([N+](=O)[O-])cc2)c2c(c1)C[C@H](C)O2. The third-order valence-electron chi connectivity index (χ3n) is 4.86. The van der Waals surface area contributed by atoms with Crippen LogP contribution in [0.2, 0.25) is 0 Å². The van der Waals surface area contributed by atoms with E-state index in [4.69, 9.17) is 9.47 Å². The Labute approximate surface area is 162 Å². The lowest BCUT2D eigenvalue weighted by Gasteiger charge is -2.23. The van der Waals surface area contributed by atoms with Crippen molar-refractivity contribution in [3.05, 3.63) is 63.2 Å². The molecule has 0 amide bonds. The summed E-state index contributed by atoms with van der Waals surface area (Å²) in [7, 11) is 1.60. The second-order valence-electron chi connectivity index (χ2n) is 6.87. The molecule has 3 atom stereocenters. The van der Waals surface area contributed by atoms with Gasteiger partial charge in [-0.1, -0.05) is 0 Å². The van der Waals surface area contributed by atoms with E-state index in [-0.39, 0.29) is 18.4 Å². The van der Waals surface area contributed by atoms with Crippen LogP contribution in [0.25, 0.3) is 0 Å². The Balaban J connectivity index is 1.73. The van der Waals surface area contributed by atoms with Crippen LogP contribution < -0.4 is 14.8 Å². The number of rotatable bonds is 8. The predicted molar refractivity (Wildman–Crippen MR) is 103 cm³/mol. The highest BCUT2D eigenvalue weighted by molar-refractivity contribution is 5.49. The molecule has 0 aliphatic carbocycles. The highest BCUT2D eigenvalue weighted by Crippen LogP contribution is 2.36. The fourth-order valence-electron chi connectivity index (χ4n) is 3.37. The zero-order valence-electron chi connectivity index (χ0n) is 15.8. The zero-order valence-corrected chi connectivity index (χ0v) is 15.8. The number of nitrogens with one attached hydrogen (secondary N) is 1. The van der Waals surface area contributed by atoms with E-state index in [0.717, 1.165) is 29.0 Å². The van der Waals surface area contributed by atoms with E-state index in [0.29, 0.717) is 12.1 Å². The van der Waals surface area contributed by atoms with Crippen LogP contribution in [0.3, 0.4) is 0 Å². The van der Waals surface area contributed by atoms with Crippen molar-refractivity contribution in [1.29, 1.82) is 0 Å². The van der Waals surface area contributed by atoms with Gasteiger partial charge in [0.1, 0.15) is 17.6 Å². The van der Waals surface area contributed by atoms with Gasteiger partial charge in [0.2, 0.25) is 0 Å². The van der Waals surface area contributed by atoms with Crippen LogP contribution in [0.4, 0.5) is 5.69 Å². The molecular weight excluding hydrogens is 364 g/mol. The molecule has 0 fully saturated rings. The molecule has 2 aromatic carbocycles. The Kier molecular flexibility index (Phi) is 6.13. The highest BCUT2D eigenvalue weighted by Gasteiger charge is 2.25. The van der Waals surface area contributed by atoms with E-state index in [1.807, 2.05) is 19.1 Å². The van der Waals surface area contributed by atoms with Gasteiger partial charge in [0, 0.05) is 36.2 Å². The van der Waals surface area contributed by atoms with E-state index in [2.05, 4.69) is 5.32 Å². The second kappa shape index (κ2) is 8.55. The summed E-state index contributed by atoms with van der Waals surface area (Å²) in [6.45, 7) is 2.06. The summed E-state index contributed by atoms with van der Waals surface area (Å²) in [4.78, 5) is 10.3. The van der Waals surface area contributed by atoms with Crippen LogP contribution in [-0.2, 0) is 13.0 Å². The monoisotopic (exact) mass is 388 g/mol. The molecule has 0 radical (unpaired) electrons. The smallest absolute Gasteiger partial charge is 0.269 e. The van der Waals surface area contributed by atoms with Gasteiger partial charge in [0.05, 0.1) is 30.8 Å². The van der Waals surface area contributed by atoms with Crippen molar-refractivity contribution in [2.24, 2.45) is 0 Å². The molecule has 1 aliphatic rings. The third-order valence-corrected chi connectivity index (χ3v) is 4.86. The van der Waals surface area contributed by atoms with Gasteiger partial charge >= 0.3 is 0 Å². The molecule has 150 valence electrons. The molecule has 0 saturated carbocycles. The number of fused-ring (bicyclic) bond motifs is 1. The van der Waals surface area contributed by atoms with Gasteiger partial charge < -0.3 is 25.0 Å². The molecular formula is C20H24N2O6. The number of nitro groups is 1. The average molecular weight is 388 g/mol. The van der Waals surface area contributed by atoms with Crippen LogP contribution in [0.5, 0.6) is 11.5 Å². The number of ether oxygens (including phenoxy) is 2. The Morgan fingerprint density at radius 2 is 2.07 bits per heavy atom. The number of hydrogen-bond donors (Lipinski definition) is 3. The Morgan fingerprint density at radius 3 is 2.68 bits per heavy atom. The Hall–Kier alpha value is -2.68. The highest BCUT2D eigenvalue weighted by atomic mass is 16.6. The van der Waals surface area contributed by atoms with Gasteiger partial charge in [0.15, 0.2) is 0 Å². The summed E-state index contributed by atoms with van der Waals surface area (Å²) >= 11 is 0. The molecule has 8 nitrogen and oxygen atoms in total. The molecule has 0 saturated heterocycles. The second-order valence-corrected chi connectivity index (χ2v) is 6.87. The van der Waals surface area contributed by atoms with Crippen LogP contribution >= 0.6 is 0 Å². The molecule has 0 bridgehead atoms. The van der Waals surface area contributed by atoms with E-state index in [9.17, 15) is 20.3 Å². The van der Waals surface area contributed by atoms with E-state index >= 15 is 0 Å². The maximum Gasteiger partial charge on any atom is 0.269 e. The van der Waals surface area contributed by atoms with Gasteiger partial charge in [-0.15, -0.1) is 0 Å². The fourth-order valence-corrected chi connectivity index (χ4v) is 3.37. The maximum absolute atomic E-state index is 10.8. The number of hydrogen-bond acceptors (Lipinski definition) is 7. The van der Waals surface area contributed by atoms with Gasteiger partial charge in [0.25, 0.3) is 5.69 Å². The number of nitrogens with zero attached hydrogens (tertiary/aromatic N) is 1. The molecule has 1 aliphatic heterocycles. The van der Waals surface area contributed by atoms with Gasteiger partial charge in [-0.3, -0.25) is 10.1 Å². The molecule has 8 heteroatoms. The molecule has 3 rings (SSSR count). The quantitative estimate of drug-likeness (QED) is 0.469. The lowest BCUT2D eigenvalue weighted by Crippen LogP contribution is -2.37. The first kappa shape index (κ1) is 20.1. The van der Waals surface area contributed by atoms with Crippen LogP contribution in [0.1, 0.15) is 29.7 Å². The van der Waals surface area contributed by atoms with E-state index in [1.54, 1.807) is 7.11 Å². The third kappa shape index (κ3) is 4.24. The topological polar surface area (TPSA) is 114 Å². The first-order valence-electron chi connectivity index (χ1n) is 9.06. The lowest BCUT2D eigenvalue weighted by atomic mass is 10.0. The summed E-state index contributed by atoms with van der Waals surface area (Å²) in [6.07, 6.45) is -0.140. The standard InChI is InChI=1S/C20H24N2O6/c1-12-7-14-8-17(27-2)9-15(20(14)28-12)10-21-18(11-23)19(24)13-3-5-16(6-4-13)22(25)26/h3-6,8-9,12,18-19,21,23-24H,7,10-11H2,1-2H3/t12-,18+,19-/m0/s1. The van der Waals surface area contributed by atoms with Crippen molar-refractivity contribution >= 4 is 5.69 Å².